The summed E-state index contributed by atoms with van der Waals surface area (Å²) >= 11 is 11.5. The molecule has 0 aliphatic heterocycles. The SMILES string of the molecule is CC(NC(=O)NCc1ccc(Cl)cc1)c1ccc(F)c(Cl)c1. The molecular weight excluding hydrogens is 326 g/mol. The van der Waals surface area contributed by atoms with Crippen LogP contribution in [0.1, 0.15) is 24.1 Å². The van der Waals surface area contributed by atoms with Gasteiger partial charge in [-0.1, -0.05) is 41.4 Å². The number of amides is 2. The lowest BCUT2D eigenvalue weighted by Crippen LogP contribution is -2.36. The van der Waals surface area contributed by atoms with Gasteiger partial charge in [-0.15, -0.1) is 0 Å². The number of carbonyl (C=O) groups excluding carboxylic acids is 1. The van der Waals surface area contributed by atoms with Crippen LogP contribution in [0.2, 0.25) is 10.0 Å². The summed E-state index contributed by atoms with van der Waals surface area (Å²) in [5, 5.41) is 6.20. The fraction of sp³-hybridized carbons (Fsp3) is 0.188. The first kappa shape index (κ1) is 16.6. The van der Waals surface area contributed by atoms with Crippen molar-refractivity contribution in [2.24, 2.45) is 0 Å². The second kappa shape index (κ2) is 7.47. The third-order valence-corrected chi connectivity index (χ3v) is 3.70. The van der Waals surface area contributed by atoms with Crippen molar-refractivity contribution >= 4 is 29.2 Å². The molecule has 1 unspecified atom stereocenters. The van der Waals surface area contributed by atoms with Crippen molar-refractivity contribution in [1.82, 2.24) is 10.6 Å². The van der Waals surface area contributed by atoms with Crippen LogP contribution in [0.5, 0.6) is 0 Å². The van der Waals surface area contributed by atoms with Crippen LogP contribution in [0.25, 0.3) is 0 Å². The Morgan fingerprint density at radius 3 is 2.50 bits per heavy atom. The lowest BCUT2D eigenvalue weighted by Gasteiger charge is -2.15. The summed E-state index contributed by atoms with van der Waals surface area (Å²) in [6.07, 6.45) is 0. The number of nitrogens with one attached hydrogen (secondary N) is 2. The molecule has 6 heteroatoms. The summed E-state index contributed by atoms with van der Waals surface area (Å²) in [4.78, 5) is 11.9. The number of rotatable bonds is 4. The van der Waals surface area contributed by atoms with E-state index in [1.165, 1.54) is 12.1 Å². The molecule has 2 rings (SSSR count). The molecule has 3 nitrogen and oxygen atoms in total. The van der Waals surface area contributed by atoms with Gasteiger partial charge in [-0.05, 0) is 42.3 Å². The zero-order valence-electron chi connectivity index (χ0n) is 11.9. The quantitative estimate of drug-likeness (QED) is 0.832. The molecule has 0 heterocycles. The molecule has 0 aromatic heterocycles. The maximum absolute atomic E-state index is 13.1. The largest absolute Gasteiger partial charge is 0.334 e. The fourth-order valence-electron chi connectivity index (χ4n) is 1.90. The summed E-state index contributed by atoms with van der Waals surface area (Å²) in [6.45, 7) is 2.19. The Labute approximate surface area is 138 Å². The summed E-state index contributed by atoms with van der Waals surface area (Å²) in [5.74, 6) is -0.482. The average molecular weight is 341 g/mol. The lowest BCUT2D eigenvalue weighted by molar-refractivity contribution is 0.237. The summed E-state index contributed by atoms with van der Waals surface area (Å²) in [7, 11) is 0. The predicted molar refractivity (Wildman–Crippen MR) is 86.6 cm³/mol. The van der Waals surface area contributed by atoms with Crippen LogP contribution in [0, 0.1) is 5.82 Å². The molecule has 0 saturated carbocycles. The molecule has 2 aromatic rings. The molecular formula is C16H15Cl2FN2O. The molecule has 2 aromatic carbocycles. The number of urea groups is 1. The monoisotopic (exact) mass is 340 g/mol. The van der Waals surface area contributed by atoms with Crippen LogP contribution >= 0.6 is 23.2 Å². The average Bonchev–Trinajstić information content (AvgIpc) is 2.49. The second-order valence-electron chi connectivity index (χ2n) is 4.85. The normalized spacial score (nSPS) is 11.8. The van der Waals surface area contributed by atoms with E-state index >= 15 is 0 Å². The minimum Gasteiger partial charge on any atom is -0.334 e. The van der Waals surface area contributed by atoms with E-state index < -0.39 is 5.82 Å². The Bertz CT molecular complexity index is 662. The molecule has 116 valence electrons. The van der Waals surface area contributed by atoms with Gasteiger partial charge in [0.25, 0.3) is 0 Å². The summed E-state index contributed by atoms with van der Waals surface area (Å²) < 4.78 is 13.1. The van der Waals surface area contributed by atoms with Gasteiger partial charge < -0.3 is 10.6 Å². The number of benzene rings is 2. The molecule has 0 bridgehead atoms. The Hall–Kier alpha value is -1.78. The van der Waals surface area contributed by atoms with Crippen LogP contribution in [0.15, 0.2) is 42.5 Å². The Morgan fingerprint density at radius 1 is 1.18 bits per heavy atom. The molecule has 0 aliphatic rings. The number of hydrogen-bond donors (Lipinski definition) is 2. The van der Waals surface area contributed by atoms with Crippen molar-refractivity contribution in [2.45, 2.75) is 19.5 Å². The van der Waals surface area contributed by atoms with Gasteiger partial charge in [-0.2, -0.15) is 0 Å². The van der Waals surface area contributed by atoms with Crippen LogP contribution in [-0.2, 0) is 6.54 Å². The Kier molecular flexibility index (Phi) is 5.63. The van der Waals surface area contributed by atoms with E-state index in [-0.39, 0.29) is 17.1 Å². The number of halogens is 3. The first-order chi connectivity index (χ1) is 10.5. The first-order valence-corrected chi connectivity index (χ1v) is 7.45. The van der Waals surface area contributed by atoms with Gasteiger partial charge in [0.1, 0.15) is 5.82 Å². The highest BCUT2D eigenvalue weighted by Gasteiger charge is 2.11. The molecule has 22 heavy (non-hydrogen) atoms. The zero-order valence-corrected chi connectivity index (χ0v) is 13.4. The maximum atomic E-state index is 13.1. The third-order valence-electron chi connectivity index (χ3n) is 3.16. The Morgan fingerprint density at radius 2 is 1.86 bits per heavy atom. The topological polar surface area (TPSA) is 41.1 Å². The minimum absolute atomic E-state index is 0.0349. The van der Waals surface area contributed by atoms with Gasteiger partial charge >= 0.3 is 6.03 Å². The zero-order chi connectivity index (χ0) is 16.1. The third kappa shape index (κ3) is 4.61. The highest BCUT2D eigenvalue weighted by molar-refractivity contribution is 6.31. The van der Waals surface area contributed by atoms with Crippen LogP contribution in [0.4, 0.5) is 9.18 Å². The highest BCUT2D eigenvalue weighted by Crippen LogP contribution is 2.20. The number of hydrogen-bond acceptors (Lipinski definition) is 1. The molecule has 0 aliphatic carbocycles. The molecule has 0 radical (unpaired) electrons. The predicted octanol–water partition coefficient (Wildman–Crippen LogP) is 4.69. The van der Waals surface area contributed by atoms with E-state index in [1.807, 2.05) is 12.1 Å². The van der Waals surface area contributed by atoms with Crippen LogP contribution in [-0.4, -0.2) is 6.03 Å². The molecule has 1 atom stereocenters. The van der Waals surface area contributed by atoms with Crippen LogP contribution in [0.3, 0.4) is 0 Å². The molecule has 0 fully saturated rings. The van der Waals surface area contributed by atoms with Crippen molar-refractivity contribution < 1.29 is 9.18 Å². The van der Waals surface area contributed by atoms with Crippen molar-refractivity contribution in [2.75, 3.05) is 0 Å². The van der Waals surface area contributed by atoms with Crippen molar-refractivity contribution in [1.29, 1.82) is 0 Å². The summed E-state index contributed by atoms with van der Waals surface area (Å²) in [5.41, 5.74) is 1.67. The molecule has 2 N–H and O–H groups in total. The van der Waals surface area contributed by atoms with Gasteiger partial charge in [-0.25, -0.2) is 9.18 Å². The molecule has 0 spiro atoms. The van der Waals surface area contributed by atoms with E-state index in [0.29, 0.717) is 11.6 Å². The Balaban J connectivity index is 1.88. The van der Waals surface area contributed by atoms with E-state index in [0.717, 1.165) is 11.1 Å². The minimum atomic E-state index is -0.482. The lowest BCUT2D eigenvalue weighted by atomic mass is 10.1. The highest BCUT2D eigenvalue weighted by atomic mass is 35.5. The standard InChI is InChI=1S/C16H15Cl2FN2O/c1-10(12-4-7-15(19)14(18)8-12)21-16(22)20-9-11-2-5-13(17)6-3-11/h2-8,10H,9H2,1H3,(H2,20,21,22). The van der Waals surface area contributed by atoms with Crippen molar-refractivity contribution in [3.63, 3.8) is 0 Å². The van der Waals surface area contributed by atoms with Gasteiger partial charge in [0.05, 0.1) is 11.1 Å². The van der Waals surface area contributed by atoms with Crippen molar-refractivity contribution in [3.8, 4) is 0 Å². The summed E-state index contributed by atoms with van der Waals surface area (Å²) in [6, 6.07) is 11.0. The fourth-order valence-corrected chi connectivity index (χ4v) is 2.21. The smallest absolute Gasteiger partial charge is 0.315 e. The van der Waals surface area contributed by atoms with Gasteiger partial charge in [0.2, 0.25) is 0 Å². The van der Waals surface area contributed by atoms with E-state index in [1.54, 1.807) is 25.1 Å². The van der Waals surface area contributed by atoms with Gasteiger partial charge in [0.15, 0.2) is 0 Å². The first-order valence-electron chi connectivity index (χ1n) is 6.69. The van der Waals surface area contributed by atoms with E-state index in [2.05, 4.69) is 10.6 Å². The van der Waals surface area contributed by atoms with Gasteiger partial charge in [0, 0.05) is 11.6 Å². The maximum Gasteiger partial charge on any atom is 0.315 e. The van der Waals surface area contributed by atoms with E-state index in [9.17, 15) is 9.18 Å². The van der Waals surface area contributed by atoms with Gasteiger partial charge in [-0.3, -0.25) is 0 Å². The van der Waals surface area contributed by atoms with Crippen molar-refractivity contribution in [3.05, 3.63) is 69.5 Å². The molecule has 2 amide bonds. The van der Waals surface area contributed by atoms with E-state index in [4.69, 9.17) is 23.2 Å². The number of carbonyl (C=O) groups is 1. The van der Waals surface area contributed by atoms with Crippen LogP contribution < -0.4 is 10.6 Å². The molecule has 0 saturated heterocycles. The second-order valence-corrected chi connectivity index (χ2v) is 5.69.